The Bertz CT molecular complexity index is 1190. The van der Waals surface area contributed by atoms with Crippen LogP contribution in [0.2, 0.25) is 0 Å². The first-order valence-electron chi connectivity index (χ1n) is 13.0. The van der Waals surface area contributed by atoms with Crippen LogP contribution in [0.15, 0.2) is 54.6 Å². The number of aldehydes is 1. The maximum atomic E-state index is 11.2. The van der Waals surface area contributed by atoms with E-state index in [2.05, 4.69) is 30.3 Å². The molecule has 4 saturated carbocycles. The zero-order valence-electron chi connectivity index (χ0n) is 20.7. The zero-order valence-corrected chi connectivity index (χ0v) is 20.7. The van der Waals surface area contributed by atoms with Gasteiger partial charge >= 0.3 is 0 Å². The third-order valence-corrected chi connectivity index (χ3v) is 8.80. The second-order valence-electron chi connectivity index (χ2n) is 11.0. The summed E-state index contributed by atoms with van der Waals surface area (Å²) in [6.45, 7) is 2.05. The van der Waals surface area contributed by atoms with Crippen molar-refractivity contribution in [2.75, 3.05) is 13.9 Å². The first-order chi connectivity index (χ1) is 17.1. The Hall–Kier alpha value is -2.69. The maximum absolute atomic E-state index is 11.2. The van der Waals surface area contributed by atoms with Gasteiger partial charge in [0, 0.05) is 18.2 Å². The third-order valence-electron chi connectivity index (χ3n) is 8.80. The van der Waals surface area contributed by atoms with Gasteiger partial charge in [-0.2, -0.15) is 0 Å². The molecule has 4 heteroatoms. The number of methoxy groups -OCH3 is 1. The van der Waals surface area contributed by atoms with Gasteiger partial charge in [-0.1, -0.05) is 42.5 Å². The van der Waals surface area contributed by atoms with Crippen LogP contribution in [0.3, 0.4) is 0 Å². The number of fused-ring (bicyclic) bond motifs is 1. The Morgan fingerprint density at radius 1 is 0.971 bits per heavy atom. The summed E-state index contributed by atoms with van der Waals surface area (Å²) in [7, 11) is 1.64. The summed E-state index contributed by atoms with van der Waals surface area (Å²) < 4.78 is 17.3. The molecule has 1 unspecified atom stereocenters. The molecular formula is C31H34O4. The van der Waals surface area contributed by atoms with Gasteiger partial charge in [0.25, 0.3) is 0 Å². The maximum Gasteiger partial charge on any atom is 0.191 e. The smallest absolute Gasteiger partial charge is 0.191 e. The Morgan fingerprint density at radius 2 is 1.66 bits per heavy atom. The van der Waals surface area contributed by atoms with E-state index < -0.39 is 0 Å². The summed E-state index contributed by atoms with van der Waals surface area (Å²) in [6, 6.07) is 19.0. The molecule has 4 aliphatic rings. The molecule has 0 heterocycles. The highest BCUT2D eigenvalue weighted by atomic mass is 16.7. The molecule has 0 radical (unpaired) electrons. The number of hydrogen-bond acceptors (Lipinski definition) is 4. The first kappa shape index (κ1) is 22.8. The summed E-state index contributed by atoms with van der Waals surface area (Å²) in [5.41, 5.74) is 4.57. The number of carbonyl (C=O) groups excluding carboxylic acids is 1. The average molecular weight is 471 g/mol. The lowest BCUT2D eigenvalue weighted by Crippen LogP contribution is -2.48. The van der Waals surface area contributed by atoms with Crippen LogP contribution in [-0.2, 0) is 14.9 Å². The largest absolute Gasteiger partial charge is 0.467 e. The number of hydrogen-bond donors (Lipinski definition) is 0. The van der Waals surface area contributed by atoms with Crippen molar-refractivity contribution >= 4 is 17.1 Å². The molecule has 0 N–H and O–H groups in total. The fraction of sp³-hybridized carbons (Fsp3) is 0.452. The predicted octanol–water partition coefficient (Wildman–Crippen LogP) is 7.13. The van der Waals surface area contributed by atoms with Crippen LogP contribution in [0.4, 0.5) is 0 Å². The molecule has 0 aliphatic heterocycles. The molecule has 7 rings (SSSR count). The van der Waals surface area contributed by atoms with Crippen LogP contribution in [0.5, 0.6) is 5.75 Å². The van der Waals surface area contributed by atoms with Gasteiger partial charge in [-0.3, -0.25) is 4.79 Å². The van der Waals surface area contributed by atoms with Crippen LogP contribution in [0, 0.1) is 17.8 Å². The molecule has 4 fully saturated rings. The molecule has 0 saturated heterocycles. The average Bonchev–Trinajstić information content (AvgIpc) is 2.87. The Balaban J connectivity index is 1.46. The van der Waals surface area contributed by atoms with Gasteiger partial charge < -0.3 is 14.2 Å². The van der Waals surface area contributed by atoms with E-state index in [4.69, 9.17) is 14.2 Å². The molecule has 4 aliphatic carbocycles. The summed E-state index contributed by atoms with van der Waals surface area (Å²) in [5, 5.41) is 2.40. The van der Waals surface area contributed by atoms with E-state index in [9.17, 15) is 4.79 Å². The minimum Gasteiger partial charge on any atom is -0.467 e. The number of rotatable bonds is 8. The predicted molar refractivity (Wildman–Crippen MR) is 138 cm³/mol. The van der Waals surface area contributed by atoms with Gasteiger partial charge in [0.2, 0.25) is 0 Å². The van der Waals surface area contributed by atoms with Crippen LogP contribution in [-0.4, -0.2) is 26.5 Å². The normalized spacial score (nSPS) is 27.8. The number of carbonyl (C=O) groups is 1. The van der Waals surface area contributed by atoms with Crippen molar-refractivity contribution in [2.45, 2.75) is 57.2 Å². The van der Waals surface area contributed by atoms with Crippen molar-refractivity contribution in [2.24, 2.45) is 17.8 Å². The molecular weight excluding hydrogens is 436 g/mol. The fourth-order valence-corrected chi connectivity index (χ4v) is 7.53. The number of ether oxygens (including phenoxy) is 3. The van der Waals surface area contributed by atoms with Crippen molar-refractivity contribution < 1.29 is 19.0 Å². The molecule has 0 aromatic heterocycles. The van der Waals surface area contributed by atoms with Crippen LogP contribution in [0.25, 0.3) is 21.9 Å². The second kappa shape index (κ2) is 9.07. The lowest BCUT2D eigenvalue weighted by molar-refractivity contribution is -0.150. The summed E-state index contributed by atoms with van der Waals surface area (Å²) >= 11 is 0. The van der Waals surface area contributed by atoms with Crippen molar-refractivity contribution in [3.05, 3.63) is 65.7 Å². The molecule has 0 spiro atoms. The van der Waals surface area contributed by atoms with Crippen molar-refractivity contribution in [3.63, 3.8) is 0 Å². The summed E-state index contributed by atoms with van der Waals surface area (Å²) in [5.74, 6) is 3.50. The fourth-order valence-electron chi connectivity index (χ4n) is 7.53. The molecule has 182 valence electrons. The van der Waals surface area contributed by atoms with E-state index >= 15 is 0 Å². The van der Waals surface area contributed by atoms with Crippen LogP contribution in [0.1, 0.15) is 61.4 Å². The topological polar surface area (TPSA) is 44.8 Å². The minimum absolute atomic E-state index is 0.173. The highest BCUT2D eigenvalue weighted by Crippen LogP contribution is 2.62. The van der Waals surface area contributed by atoms with Crippen LogP contribution >= 0.6 is 0 Å². The Labute approximate surface area is 207 Å². The molecule has 4 nitrogen and oxygen atoms in total. The van der Waals surface area contributed by atoms with E-state index in [-0.39, 0.29) is 18.5 Å². The molecule has 1 atom stereocenters. The molecule has 3 aromatic carbocycles. The lowest BCUT2D eigenvalue weighted by Gasteiger charge is -2.57. The van der Waals surface area contributed by atoms with Gasteiger partial charge in [-0.25, -0.2) is 0 Å². The minimum atomic E-state index is -0.306. The van der Waals surface area contributed by atoms with E-state index in [1.54, 1.807) is 7.11 Å². The first-order valence-corrected chi connectivity index (χ1v) is 13.0. The molecule has 3 aromatic rings. The van der Waals surface area contributed by atoms with E-state index in [0.29, 0.717) is 5.56 Å². The van der Waals surface area contributed by atoms with E-state index in [0.717, 1.165) is 40.7 Å². The van der Waals surface area contributed by atoms with Gasteiger partial charge in [0.1, 0.15) is 12.0 Å². The van der Waals surface area contributed by atoms with Crippen molar-refractivity contribution in [1.29, 1.82) is 0 Å². The molecule has 0 amide bonds. The van der Waals surface area contributed by atoms with Crippen molar-refractivity contribution in [3.8, 4) is 16.9 Å². The van der Waals surface area contributed by atoms with Gasteiger partial charge in [-0.15, -0.1) is 0 Å². The standard InChI is InChI=1S/C31H34O4/c1-20(33-2)34-19-35-30-13-26-4-3-5-27(25-8-6-21(18-32)7-9-25)28(26)14-29(30)31-15-22-10-23(16-31)12-24(11-22)17-31/h3-9,13-14,18,20,22-24H,10-12,15-17,19H2,1-2H3. The number of benzene rings is 3. The highest BCUT2D eigenvalue weighted by molar-refractivity contribution is 5.98. The van der Waals surface area contributed by atoms with Gasteiger partial charge in [0.05, 0.1) is 0 Å². The molecule has 4 bridgehead atoms. The van der Waals surface area contributed by atoms with E-state index in [1.165, 1.54) is 55.0 Å². The van der Waals surface area contributed by atoms with Gasteiger partial charge in [0.15, 0.2) is 13.1 Å². The monoisotopic (exact) mass is 470 g/mol. The lowest BCUT2D eigenvalue weighted by atomic mass is 9.48. The van der Waals surface area contributed by atoms with Crippen molar-refractivity contribution in [1.82, 2.24) is 0 Å². The van der Waals surface area contributed by atoms with Crippen LogP contribution < -0.4 is 4.74 Å². The highest BCUT2D eigenvalue weighted by Gasteiger charge is 2.52. The van der Waals surface area contributed by atoms with Gasteiger partial charge in [-0.05, 0) is 103 Å². The Kier molecular flexibility index (Phi) is 5.90. The quantitative estimate of drug-likeness (QED) is 0.259. The molecule has 35 heavy (non-hydrogen) atoms. The SMILES string of the molecule is COC(C)OCOc1cc2cccc(-c3ccc(C=O)cc3)c2cc1C12CC3CC(CC(C3)C1)C2. The summed E-state index contributed by atoms with van der Waals surface area (Å²) in [4.78, 5) is 11.2. The third kappa shape index (κ3) is 4.17. The summed E-state index contributed by atoms with van der Waals surface area (Å²) in [6.07, 6.45) is 8.63. The zero-order chi connectivity index (χ0) is 24.0. The Morgan fingerprint density at radius 3 is 2.29 bits per heavy atom. The second-order valence-corrected chi connectivity index (χ2v) is 11.0. The van der Waals surface area contributed by atoms with E-state index in [1.807, 2.05) is 31.2 Å².